The Kier molecular flexibility index (Phi) is 8.65. The number of hydrogen-bond donors (Lipinski definition) is 3. The van der Waals surface area contributed by atoms with Crippen LogP contribution in [0.1, 0.15) is 0 Å². The smallest absolute Gasteiger partial charge is 0.506 e. The van der Waals surface area contributed by atoms with Gasteiger partial charge in [0.15, 0.2) is 0 Å². The number of benzene rings is 3. The van der Waals surface area contributed by atoms with E-state index in [1.807, 2.05) is 54.6 Å². The molecule has 0 aliphatic heterocycles. The standard InChI is InChI=1S/3C9H7NO.In/c3*11-8-5-1-3-7-4-2-6-10-9(7)8;/h3*1-6,11H;/q;;;+3. The Hall–Kier alpha value is -3.84. The molecule has 6 rings (SSSR count). The average molecular weight is 550 g/mol. The summed E-state index contributed by atoms with van der Waals surface area (Å²) >= 11 is 0. The largest absolute Gasteiger partial charge is 3.00 e. The molecule has 3 aromatic heterocycles. The minimum absolute atomic E-state index is 0. The molecule has 6 nitrogen and oxygen atoms in total. The second-order valence-corrected chi connectivity index (χ2v) is 7.06. The van der Waals surface area contributed by atoms with Crippen LogP contribution in [0.2, 0.25) is 0 Å². The summed E-state index contributed by atoms with van der Waals surface area (Å²) in [5.74, 6) is 0.717. The van der Waals surface area contributed by atoms with Crippen molar-refractivity contribution in [3.8, 4) is 17.2 Å². The third-order valence-electron chi connectivity index (χ3n) is 4.83. The number of phenolic OH excluding ortho intramolecular Hbond substituents is 3. The SMILES string of the molecule is Oc1cccc2cccnc12.Oc1cccc2cccnc12.Oc1cccc2cccnc12.[In+3]. The van der Waals surface area contributed by atoms with Crippen molar-refractivity contribution in [1.29, 1.82) is 0 Å². The minimum Gasteiger partial charge on any atom is -0.506 e. The van der Waals surface area contributed by atoms with E-state index in [2.05, 4.69) is 15.0 Å². The van der Waals surface area contributed by atoms with Crippen molar-refractivity contribution in [2.75, 3.05) is 0 Å². The van der Waals surface area contributed by atoms with Crippen LogP contribution in [0.5, 0.6) is 17.2 Å². The van der Waals surface area contributed by atoms with Gasteiger partial charge < -0.3 is 15.3 Å². The Balaban J connectivity index is 0.000000141. The number of phenols is 3. The molecule has 3 aromatic carbocycles. The summed E-state index contributed by atoms with van der Waals surface area (Å²) in [6.07, 6.45) is 5.01. The van der Waals surface area contributed by atoms with Crippen LogP contribution < -0.4 is 0 Å². The predicted octanol–water partition coefficient (Wildman–Crippen LogP) is 5.44. The molecular formula is C27H21InN3O3+3. The monoisotopic (exact) mass is 550 g/mol. The van der Waals surface area contributed by atoms with E-state index in [0.717, 1.165) is 16.2 Å². The van der Waals surface area contributed by atoms with Gasteiger partial charge in [-0.25, -0.2) is 0 Å². The van der Waals surface area contributed by atoms with Crippen LogP contribution in [-0.2, 0) is 0 Å². The van der Waals surface area contributed by atoms with E-state index < -0.39 is 0 Å². The van der Waals surface area contributed by atoms with Crippen molar-refractivity contribution in [3.63, 3.8) is 0 Å². The van der Waals surface area contributed by atoms with Gasteiger partial charge in [0, 0.05) is 34.7 Å². The molecule has 162 valence electrons. The number of hydrogen-bond acceptors (Lipinski definition) is 6. The van der Waals surface area contributed by atoms with Gasteiger partial charge in [-0.3, -0.25) is 15.0 Å². The van der Waals surface area contributed by atoms with Crippen LogP contribution in [0.3, 0.4) is 0 Å². The number of para-hydroxylation sites is 3. The Morgan fingerprint density at radius 2 is 0.647 bits per heavy atom. The van der Waals surface area contributed by atoms with E-state index in [-0.39, 0.29) is 43.1 Å². The minimum atomic E-state index is 0. The van der Waals surface area contributed by atoms with Crippen LogP contribution in [-0.4, -0.2) is 56.1 Å². The van der Waals surface area contributed by atoms with E-state index in [1.54, 1.807) is 55.0 Å². The molecular weight excluding hydrogens is 529 g/mol. The third-order valence-corrected chi connectivity index (χ3v) is 4.83. The zero-order valence-electron chi connectivity index (χ0n) is 18.2. The molecule has 0 unspecified atom stereocenters. The molecule has 0 bridgehead atoms. The molecule has 0 amide bonds. The number of fused-ring (bicyclic) bond motifs is 3. The van der Waals surface area contributed by atoms with Crippen molar-refractivity contribution < 1.29 is 15.3 Å². The summed E-state index contributed by atoms with van der Waals surface area (Å²) in [5.41, 5.74) is 1.99. The molecule has 0 radical (unpaired) electrons. The fraction of sp³-hybridized carbons (Fsp3) is 0. The maximum absolute atomic E-state index is 9.31. The molecule has 6 aromatic rings. The first-order chi connectivity index (χ1) is 16.1. The molecule has 3 heterocycles. The number of nitrogens with zero attached hydrogens (tertiary/aromatic N) is 3. The van der Waals surface area contributed by atoms with E-state index in [0.29, 0.717) is 16.6 Å². The maximum atomic E-state index is 9.31. The van der Waals surface area contributed by atoms with Crippen LogP contribution in [0.4, 0.5) is 0 Å². The zero-order valence-corrected chi connectivity index (χ0v) is 21.4. The fourth-order valence-corrected chi connectivity index (χ4v) is 3.26. The maximum Gasteiger partial charge on any atom is 3.00 e. The van der Waals surface area contributed by atoms with Crippen molar-refractivity contribution in [2.45, 2.75) is 0 Å². The molecule has 3 N–H and O–H groups in total. The molecule has 0 spiro atoms. The summed E-state index contributed by atoms with van der Waals surface area (Å²) in [6, 6.07) is 27.4. The summed E-state index contributed by atoms with van der Waals surface area (Å²) in [6.45, 7) is 0. The number of aromatic nitrogens is 3. The average Bonchev–Trinajstić information content (AvgIpc) is 2.86. The summed E-state index contributed by atoms with van der Waals surface area (Å²) in [5, 5.41) is 30.8. The van der Waals surface area contributed by atoms with E-state index >= 15 is 0 Å². The first-order valence-electron chi connectivity index (χ1n) is 10.2. The van der Waals surface area contributed by atoms with Crippen molar-refractivity contribution in [2.24, 2.45) is 0 Å². The Labute approximate surface area is 215 Å². The van der Waals surface area contributed by atoms with Crippen LogP contribution in [0.25, 0.3) is 32.7 Å². The molecule has 0 aliphatic carbocycles. The number of pyridine rings is 3. The van der Waals surface area contributed by atoms with Crippen LogP contribution in [0.15, 0.2) is 110 Å². The Bertz CT molecular complexity index is 1330. The van der Waals surface area contributed by atoms with Gasteiger partial charge in [-0.05, 0) is 36.4 Å². The number of aromatic hydroxyl groups is 3. The molecule has 0 atom stereocenters. The summed E-state index contributed by atoms with van der Waals surface area (Å²) in [7, 11) is 0. The van der Waals surface area contributed by atoms with Crippen molar-refractivity contribution in [3.05, 3.63) is 110 Å². The second kappa shape index (κ2) is 11.9. The molecule has 0 saturated heterocycles. The summed E-state index contributed by atoms with van der Waals surface area (Å²) < 4.78 is 0. The quantitative estimate of drug-likeness (QED) is 0.233. The van der Waals surface area contributed by atoms with Gasteiger partial charge in [0.1, 0.15) is 33.8 Å². The van der Waals surface area contributed by atoms with E-state index in [1.165, 1.54) is 0 Å². The molecule has 0 saturated carbocycles. The van der Waals surface area contributed by atoms with Gasteiger partial charge in [-0.1, -0.05) is 54.6 Å². The Morgan fingerprint density at radius 3 is 0.912 bits per heavy atom. The first kappa shape index (κ1) is 24.8. The molecule has 0 aliphatic rings. The molecule has 7 heteroatoms. The predicted molar refractivity (Wildman–Crippen MR) is 136 cm³/mol. The third kappa shape index (κ3) is 5.94. The van der Waals surface area contributed by atoms with Gasteiger partial charge >= 0.3 is 25.8 Å². The molecule has 34 heavy (non-hydrogen) atoms. The van der Waals surface area contributed by atoms with Crippen LogP contribution >= 0.6 is 0 Å². The van der Waals surface area contributed by atoms with E-state index in [9.17, 15) is 15.3 Å². The number of rotatable bonds is 0. The van der Waals surface area contributed by atoms with Gasteiger partial charge in [-0.2, -0.15) is 0 Å². The van der Waals surface area contributed by atoms with Crippen LogP contribution in [0, 0.1) is 0 Å². The second-order valence-electron chi connectivity index (χ2n) is 7.06. The normalized spacial score (nSPS) is 9.88. The Morgan fingerprint density at radius 1 is 0.382 bits per heavy atom. The van der Waals surface area contributed by atoms with E-state index in [4.69, 9.17) is 0 Å². The van der Waals surface area contributed by atoms with Crippen molar-refractivity contribution in [1.82, 2.24) is 15.0 Å². The van der Waals surface area contributed by atoms with Gasteiger partial charge in [0.05, 0.1) is 0 Å². The first-order valence-corrected chi connectivity index (χ1v) is 10.2. The topological polar surface area (TPSA) is 99.4 Å². The van der Waals surface area contributed by atoms with Gasteiger partial charge in [0.25, 0.3) is 0 Å². The van der Waals surface area contributed by atoms with Crippen molar-refractivity contribution >= 4 is 58.6 Å². The zero-order chi connectivity index (χ0) is 23.0. The summed E-state index contributed by atoms with van der Waals surface area (Å²) in [4.78, 5) is 12.1. The van der Waals surface area contributed by atoms with Gasteiger partial charge in [0.2, 0.25) is 0 Å². The molecule has 0 fully saturated rings. The van der Waals surface area contributed by atoms with Gasteiger partial charge in [-0.15, -0.1) is 0 Å². The fourth-order valence-electron chi connectivity index (χ4n) is 3.26.